The Morgan fingerprint density at radius 2 is 1.28 bits per heavy atom. The maximum Gasteiger partial charge on any atom is 0.135 e. The summed E-state index contributed by atoms with van der Waals surface area (Å²) in [5, 5.41) is 9.11. The predicted octanol–water partition coefficient (Wildman–Crippen LogP) is 9.34. The van der Waals surface area contributed by atoms with Crippen LogP contribution in [0, 0.1) is 0 Å². The lowest BCUT2D eigenvalue weighted by atomic mass is 9.88. The SMILES string of the molecule is C1=C2c3cccc4c5ccccc5n(c34)C2Cc2c1oc1cc3c4cccc5c6ccccc6n(c3cc21)c54. The first-order valence-electron chi connectivity index (χ1n) is 13.7. The molecule has 3 heteroatoms. The minimum atomic E-state index is 0.280. The molecule has 5 heterocycles. The quantitative estimate of drug-likeness (QED) is 0.205. The molecule has 1 atom stereocenters. The molecule has 180 valence electrons. The molecule has 3 nitrogen and oxygen atoms in total. The summed E-state index contributed by atoms with van der Waals surface area (Å²) in [6.07, 6.45) is 3.26. The van der Waals surface area contributed by atoms with Crippen LogP contribution in [-0.4, -0.2) is 8.97 Å². The van der Waals surface area contributed by atoms with Crippen LogP contribution >= 0.6 is 0 Å². The highest BCUT2D eigenvalue weighted by Gasteiger charge is 2.36. The van der Waals surface area contributed by atoms with Crippen molar-refractivity contribution in [3.05, 3.63) is 114 Å². The molecule has 11 rings (SSSR count). The molecule has 4 aromatic heterocycles. The molecule has 0 saturated carbocycles. The molecule has 0 radical (unpaired) electrons. The molecular weight excluding hydrogens is 476 g/mol. The Bertz CT molecular complexity index is 2590. The second-order valence-corrected chi connectivity index (χ2v) is 11.3. The van der Waals surface area contributed by atoms with Crippen LogP contribution in [0.3, 0.4) is 0 Å². The molecule has 1 aliphatic carbocycles. The number of furan rings is 1. The van der Waals surface area contributed by atoms with Gasteiger partial charge < -0.3 is 13.4 Å². The molecule has 2 aliphatic rings. The van der Waals surface area contributed by atoms with Crippen LogP contribution in [0.1, 0.15) is 22.9 Å². The van der Waals surface area contributed by atoms with Gasteiger partial charge in [-0.2, -0.15) is 0 Å². The van der Waals surface area contributed by atoms with E-state index in [1.54, 1.807) is 0 Å². The van der Waals surface area contributed by atoms with E-state index < -0.39 is 0 Å². The van der Waals surface area contributed by atoms with Crippen molar-refractivity contribution in [1.82, 2.24) is 8.97 Å². The lowest BCUT2D eigenvalue weighted by molar-refractivity contribution is 0.582. The Balaban J connectivity index is 1.23. The van der Waals surface area contributed by atoms with E-state index >= 15 is 0 Å². The van der Waals surface area contributed by atoms with Crippen LogP contribution in [0.4, 0.5) is 0 Å². The number of hydrogen-bond donors (Lipinski definition) is 0. The van der Waals surface area contributed by atoms with Crippen molar-refractivity contribution in [1.29, 1.82) is 0 Å². The van der Waals surface area contributed by atoms with Crippen molar-refractivity contribution in [3.8, 4) is 0 Å². The van der Waals surface area contributed by atoms with E-state index in [2.05, 4.69) is 112 Å². The fourth-order valence-electron chi connectivity index (χ4n) is 8.05. The Hall–Kier alpha value is -5.02. The zero-order valence-corrected chi connectivity index (χ0v) is 20.9. The highest BCUT2D eigenvalue weighted by atomic mass is 16.3. The number of nitrogens with zero attached hydrogens (tertiary/aromatic N) is 2. The second kappa shape index (κ2) is 6.16. The predicted molar refractivity (Wildman–Crippen MR) is 161 cm³/mol. The molecular formula is C36H20N2O. The van der Waals surface area contributed by atoms with Crippen LogP contribution in [0.5, 0.6) is 0 Å². The number of allylic oxidation sites excluding steroid dienone is 1. The molecule has 1 aliphatic heterocycles. The Labute approximate surface area is 222 Å². The van der Waals surface area contributed by atoms with Crippen molar-refractivity contribution >= 4 is 82.5 Å². The summed E-state index contributed by atoms with van der Waals surface area (Å²) in [6.45, 7) is 0. The third-order valence-corrected chi connectivity index (χ3v) is 9.56. The minimum absolute atomic E-state index is 0.280. The lowest BCUT2D eigenvalue weighted by Crippen LogP contribution is -2.11. The maximum atomic E-state index is 6.65. The Morgan fingerprint density at radius 1 is 0.590 bits per heavy atom. The highest BCUT2D eigenvalue weighted by Crippen LogP contribution is 2.52. The smallest absolute Gasteiger partial charge is 0.135 e. The molecule has 0 N–H and O–H groups in total. The van der Waals surface area contributed by atoms with Gasteiger partial charge in [0.2, 0.25) is 0 Å². The topological polar surface area (TPSA) is 22.5 Å². The van der Waals surface area contributed by atoms with Crippen LogP contribution in [0.25, 0.3) is 82.5 Å². The van der Waals surface area contributed by atoms with Gasteiger partial charge in [-0.1, -0.05) is 72.8 Å². The first kappa shape index (κ1) is 19.1. The fourth-order valence-corrected chi connectivity index (χ4v) is 8.05. The maximum absolute atomic E-state index is 6.65. The third kappa shape index (κ3) is 2.03. The van der Waals surface area contributed by atoms with Gasteiger partial charge in [0.15, 0.2) is 0 Å². The summed E-state index contributed by atoms with van der Waals surface area (Å²) < 4.78 is 11.7. The Kier molecular flexibility index (Phi) is 3.02. The minimum Gasteiger partial charge on any atom is -0.456 e. The van der Waals surface area contributed by atoms with Gasteiger partial charge in [-0.05, 0) is 35.9 Å². The number of rotatable bonds is 0. The first-order valence-corrected chi connectivity index (χ1v) is 13.7. The number of fused-ring (bicyclic) bond motifs is 15. The number of para-hydroxylation sites is 4. The van der Waals surface area contributed by atoms with Crippen molar-refractivity contribution in [3.63, 3.8) is 0 Å². The van der Waals surface area contributed by atoms with Gasteiger partial charge in [0.05, 0.1) is 28.1 Å². The Morgan fingerprint density at radius 3 is 2.15 bits per heavy atom. The van der Waals surface area contributed by atoms with E-state index in [1.807, 2.05) is 0 Å². The standard InChI is InChI=1S/C36H20N2O/c1-3-13-29-19(7-1)21-9-5-11-23-25-17-33-27(15-31(25)37(29)35(21)23)28-16-32-26(18-34(28)39-33)24-12-6-10-22-20-8-2-4-14-30(20)38(32)36(22)24/h1-15,17-18,32H,16H2. The monoisotopic (exact) mass is 496 g/mol. The molecule has 0 saturated heterocycles. The zero-order valence-electron chi connectivity index (χ0n) is 20.9. The zero-order chi connectivity index (χ0) is 25.0. The van der Waals surface area contributed by atoms with Crippen LogP contribution in [0.2, 0.25) is 0 Å². The van der Waals surface area contributed by atoms with Crippen LogP contribution in [0.15, 0.2) is 101 Å². The fraction of sp³-hybridized carbons (Fsp3) is 0.0556. The highest BCUT2D eigenvalue weighted by molar-refractivity contribution is 6.24. The number of benzene rings is 5. The third-order valence-electron chi connectivity index (χ3n) is 9.56. The molecule has 5 aromatic carbocycles. The molecule has 0 fully saturated rings. The second-order valence-electron chi connectivity index (χ2n) is 11.3. The van der Waals surface area contributed by atoms with Gasteiger partial charge in [0, 0.05) is 60.8 Å². The normalized spacial score (nSPS) is 16.5. The van der Waals surface area contributed by atoms with E-state index in [1.165, 1.54) is 82.0 Å². The summed E-state index contributed by atoms with van der Waals surface area (Å²) >= 11 is 0. The van der Waals surface area contributed by atoms with Gasteiger partial charge in [0.25, 0.3) is 0 Å². The average molecular weight is 497 g/mol. The average Bonchev–Trinajstić information content (AvgIpc) is 3.76. The van der Waals surface area contributed by atoms with E-state index in [9.17, 15) is 0 Å². The van der Waals surface area contributed by atoms with Gasteiger partial charge in [-0.3, -0.25) is 0 Å². The largest absolute Gasteiger partial charge is 0.456 e. The molecule has 1 unspecified atom stereocenters. The van der Waals surface area contributed by atoms with Gasteiger partial charge in [0.1, 0.15) is 11.3 Å². The molecule has 9 aromatic rings. The summed E-state index contributed by atoms with van der Waals surface area (Å²) in [6, 6.07) is 36.0. The summed E-state index contributed by atoms with van der Waals surface area (Å²) in [5.74, 6) is 1.02. The molecule has 39 heavy (non-hydrogen) atoms. The van der Waals surface area contributed by atoms with E-state index in [0.717, 1.165) is 17.8 Å². The van der Waals surface area contributed by atoms with Gasteiger partial charge >= 0.3 is 0 Å². The number of aromatic nitrogens is 2. The summed E-state index contributed by atoms with van der Waals surface area (Å²) in [5.41, 5.74) is 11.6. The van der Waals surface area contributed by atoms with Crippen molar-refractivity contribution in [2.45, 2.75) is 12.5 Å². The first-order chi connectivity index (χ1) is 19.3. The molecule has 0 bridgehead atoms. The van der Waals surface area contributed by atoms with Crippen molar-refractivity contribution in [2.24, 2.45) is 0 Å². The van der Waals surface area contributed by atoms with E-state index in [-0.39, 0.29) is 6.04 Å². The number of hydrogen-bond acceptors (Lipinski definition) is 1. The van der Waals surface area contributed by atoms with Crippen molar-refractivity contribution in [2.75, 3.05) is 0 Å². The lowest BCUT2D eigenvalue weighted by Gasteiger charge is -2.21. The van der Waals surface area contributed by atoms with Crippen molar-refractivity contribution < 1.29 is 4.42 Å². The molecule has 0 spiro atoms. The molecule has 0 amide bonds. The van der Waals surface area contributed by atoms with Gasteiger partial charge in [-0.15, -0.1) is 0 Å². The van der Waals surface area contributed by atoms with E-state index in [4.69, 9.17) is 4.42 Å². The summed E-state index contributed by atoms with van der Waals surface area (Å²) in [4.78, 5) is 0. The van der Waals surface area contributed by atoms with Crippen LogP contribution in [-0.2, 0) is 6.42 Å². The van der Waals surface area contributed by atoms with Crippen LogP contribution < -0.4 is 0 Å². The van der Waals surface area contributed by atoms with E-state index in [0.29, 0.717) is 0 Å². The van der Waals surface area contributed by atoms with Gasteiger partial charge in [-0.25, -0.2) is 0 Å². The summed E-state index contributed by atoms with van der Waals surface area (Å²) in [7, 11) is 0.